The van der Waals surface area contributed by atoms with E-state index in [0.29, 0.717) is 19.8 Å². The molecule has 0 amide bonds. The molecule has 0 spiro atoms. The molecule has 1 unspecified atom stereocenters. The second kappa shape index (κ2) is 5.87. The van der Waals surface area contributed by atoms with Crippen molar-refractivity contribution >= 4 is 5.69 Å². The van der Waals surface area contributed by atoms with Crippen molar-refractivity contribution in [1.82, 2.24) is 0 Å². The SMILES string of the molecule is CCOCC(C)(CN)Nc1ccccc1C. The number of anilines is 1. The minimum atomic E-state index is -0.206. The van der Waals surface area contributed by atoms with Gasteiger partial charge in [0.15, 0.2) is 0 Å². The second-order valence-electron chi connectivity index (χ2n) is 4.34. The number of ether oxygens (including phenoxy) is 1. The number of benzene rings is 1. The van der Waals surface area contributed by atoms with Gasteiger partial charge in [0, 0.05) is 18.8 Å². The molecule has 0 aliphatic rings. The summed E-state index contributed by atoms with van der Waals surface area (Å²) in [6.45, 7) is 8.03. The van der Waals surface area contributed by atoms with E-state index >= 15 is 0 Å². The third kappa shape index (κ3) is 3.51. The van der Waals surface area contributed by atoms with Crippen LogP contribution in [0.4, 0.5) is 5.69 Å². The molecule has 16 heavy (non-hydrogen) atoms. The fourth-order valence-electron chi connectivity index (χ4n) is 1.51. The second-order valence-corrected chi connectivity index (χ2v) is 4.34. The maximum atomic E-state index is 5.80. The van der Waals surface area contributed by atoms with Crippen molar-refractivity contribution in [3.05, 3.63) is 29.8 Å². The van der Waals surface area contributed by atoms with Crippen LogP contribution < -0.4 is 11.1 Å². The molecule has 0 saturated carbocycles. The van der Waals surface area contributed by atoms with Crippen LogP contribution >= 0.6 is 0 Å². The third-order valence-corrected chi connectivity index (χ3v) is 2.66. The molecule has 0 radical (unpaired) electrons. The Balaban J connectivity index is 2.72. The Morgan fingerprint density at radius 1 is 1.38 bits per heavy atom. The van der Waals surface area contributed by atoms with Crippen molar-refractivity contribution in [3.8, 4) is 0 Å². The van der Waals surface area contributed by atoms with Gasteiger partial charge >= 0.3 is 0 Å². The molecule has 1 aromatic carbocycles. The zero-order chi connectivity index (χ0) is 12.0. The first-order valence-electron chi connectivity index (χ1n) is 5.73. The quantitative estimate of drug-likeness (QED) is 0.775. The summed E-state index contributed by atoms with van der Waals surface area (Å²) in [6, 6.07) is 8.20. The van der Waals surface area contributed by atoms with E-state index in [9.17, 15) is 0 Å². The number of rotatable bonds is 6. The van der Waals surface area contributed by atoms with Crippen molar-refractivity contribution in [2.24, 2.45) is 5.73 Å². The highest BCUT2D eigenvalue weighted by molar-refractivity contribution is 5.52. The predicted octanol–water partition coefficient (Wildman–Crippen LogP) is 2.16. The molecule has 90 valence electrons. The molecule has 1 aromatic rings. The first kappa shape index (κ1) is 13.0. The van der Waals surface area contributed by atoms with E-state index in [4.69, 9.17) is 10.5 Å². The lowest BCUT2D eigenvalue weighted by molar-refractivity contribution is 0.112. The molecule has 0 fully saturated rings. The zero-order valence-electron chi connectivity index (χ0n) is 10.4. The molecule has 0 aliphatic carbocycles. The maximum Gasteiger partial charge on any atom is 0.0706 e. The Morgan fingerprint density at radius 2 is 2.06 bits per heavy atom. The Kier molecular flexibility index (Phi) is 4.77. The summed E-state index contributed by atoms with van der Waals surface area (Å²) in [5, 5.41) is 3.46. The number of aryl methyl sites for hydroxylation is 1. The zero-order valence-corrected chi connectivity index (χ0v) is 10.4. The molecule has 3 heteroatoms. The van der Waals surface area contributed by atoms with Crippen LogP contribution in [0.5, 0.6) is 0 Å². The van der Waals surface area contributed by atoms with Gasteiger partial charge in [-0.2, -0.15) is 0 Å². The molecule has 1 rings (SSSR count). The van der Waals surface area contributed by atoms with E-state index in [0.717, 1.165) is 5.69 Å². The van der Waals surface area contributed by atoms with Gasteiger partial charge in [-0.05, 0) is 32.4 Å². The van der Waals surface area contributed by atoms with Gasteiger partial charge in [-0.15, -0.1) is 0 Å². The molecule has 0 bridgehead atoms. The van der Waals surface area contributed by atoms with Crippen molar-refractivity contribution in [2.75, 3.05) is 25.1 Å². The minimum absolute atomic E-state index is 0.206. The molecule has 0 saturated heterocycles. The summed E-state index contributed by atoms with van der Waals surface area (Å²) in [5.74, 6) is 0. The first-order chi connectivity index (χ1) is 7.61. The van der Waals surface area contributed by atoms with Gasteiger partial charge in [0.1, 0.15) is 0 Å². The maximum absolute atomic E-state index is 5.80. The average molecular weight is 222 g/mol. The summed E-state index contributed by atoms with van der Waals surface area (Å²) >= 11 is 0. The molecular weight excluding hydrogens is 200 g/mol. The van der Waals surface area contributed by atoms with E-state index in [2.05, 4.69) is 31.3 Å². The van der Waals surface area contributed by atoms with Gasteiger partial charge < -0.3 is 15.8 Å². The molecule has 3 nitrogen and oxygen atoms in total. The van der Waals surface area contributed by atoms with Crippen LogP contribution in [0.3, 0.4) is 0 Å². The highest BCUT2D eigenvalue weighted by Crippen LogP contribution is 2.19. The number of nitrogens with two attached hydrogens (primary N) is 1. The average Bonchev–Trinajstić information content (AvgIpc) is 2.30. The van der Waals surface area contributed by atoms with E-state index in [-0.39, 0.29) is 5.54 Å². The highest BCUT2D eigenvalue weighted by Gasteiger charge is 2.22. The Bertz CT molecular complexity index is 327. The largest absolute Gasteiger partial charge is 0.379 e. The molecular formula is C13H22N2O. The van der Waals surface area contributed by atoms with Crippen molar-refractivity contribution < 1.29 is 4.74 Å². The van der Waals surface area contributed by atoms with Crippen LogP contribution in [-0.4, -0.2) is 25.3 Å². The van der Waals surface area contributed by atoms with Crippen LogP contribution in [-0.2, 0) is 4.74 Å². The number of hydrogen-bond acceptors (Lipinski definition) is 3. The fourth-order valence-corrected chi connectivity index (χ4v) is 1.51. The van der Waals surface area contributed by atoms with Gasteiger partial charge in [0.25, 0.3) is 0 Å². The lowest BCUT2D eigenvalue weighted by atomic mass is 10.0. The van der Waals surface area contributed by atoms with Crippen molar-refractivity contribution in [3.63, 3.8) is 0 Å². The summed E-state index contributed by atoms with van der Waals surface area (Å²) in [7, 11) is 0. The third-order valence-electron chi connectivity index (χ3n) is 2.66. The van der Waals surface area contributed by atoms with Crippen LogP contribution in [0.2, 0.25) is 0 Å². The van der Waals surface area contributed by atoms with Crippen molar-refractivity contribution in [2.45, 2.75) is 26.3 Å². The topological polar surface area (TPSA) is 47.3 Å². The highest BCUT2D eigenvalue weighted by atomic mass is 16.5. The molecule has 0 heterocycles. The summed E-state index contributed by atoms with van der Waals surface area (Å²) in [6.07, 6.45) is 0. The van der Waals surface area contributed by atoms with E-state index in [1.165, 1.54) is 5.56 Å². The van der Waals surface area contributed by atoms with Crippen LogP contribution in [0.15, 0.2) is 24.3 Å². The lowest BCUT2D eigenvalue weighted by Crippen LogP contribution is -2.46. The Hall–Kier alpha value is -1.06. The van der Waals surface area contributed by atoms with Gasteiger partial charge in [0.2, 0.25) is 0 Å². The smallest absolute Gasteiger partial charge is 0.0706 e. The summed E-state index contributed by atoms with van der Waals surface area (Å²) in [4.78, 5) is 0. The first-order valence-corrected chi connectivity index (χ1v) is 5.73. The van der Waals surface area contributed by atoms with Gasteiger partial charge in [0.05, 0.1) is 12.1 Å². The molecule has 0 aliphatic heterocycles. The minimum Gasteiger partial charge on any atom is -0.379 e. The van der Waals surface area contributed by atoms with Gasteiger partial charge in [-0.1, -0.05) is 18.2 Å². The van der Waals surface area contributed by atoms with Gasteiger partial charge in [-0.3, -0.25) is 0 Å². The lowest BCUT2D eigenvalue weighted by Gasteiger charge is -2.31. The van der Waals surface area contributed by atoms with E-state index < -0.39 is 0 Å². The number of hydrogen-bond donors (Lipinski definition) is 2. The molecule has 0 aromatic heterocycles. The summed E-state index contributed by atoms with van der Waals surface area (Å²) < 4.78 is 5.46. The predicted molar refractivity (Wildman–Crippen MR) is 68.8 cm³/mol. The molecule has 3 N–H and O–H groups in total. The van der Waals surface area contributed by atoms with Crippen LogP contribution in [0.1, 0.15) is 19.4 Å². The Labute approximate surface area is 98.0 Å². The number of nitrogens with one attached hydrogen (secondary N) is 1. The van der Waals surface area contributed by atoms with Crippen molar-refractivity contribution in [1.29, 1.82) is 0 Å². The monoisotopic (exact) mass is 222 g/mol. The van der Waals surface area contributed by atoms with Gasteiger partial charge in [-0.25, -0.2) is 0 Å². The standard InChI is InChI=1S/C13H22N2O/c1-4-16-10-13(3,9-14)15-12-8-6-5-7-11(12)2/h5-8,15H,4,9-10,14H2,1-3H3. The summed E-state index contributed by atoms with van der Waals surface area (Å²) in [5.41, 5.74) is 7.94. The number of para-hydroxylation sites is 1. The van der Waals surface area contributed by atoms with Crippen LogP contribution in [0.25, 0.3) is 0 Å². The Morgan fingerprint density at radius 3 is 2.62 bits per heavy atom. The van der Waals surface area contributed by atoms with E-state index in [1.54, 1.807) is 0 Å². The molecule has 1 atom stereocenters. The fraction of sp³-hybridized carbons (Fsp3) is 0.538. The van der Waals surface area contributed by atoms with E-state index in [1.807, 2.05) is 19.1 Å². The normalized spacial score (nSPS) is 14.5. The van der Waals surface area contributed by atoms with Crippen LogP contribution in [0, 0.1) is 6.92 Å².